The SMILES string of the molecule is C[n+]1[c-][nH]c(CCc2c[n+](C)[c-][nH]2)c1. The lowest BCUT2D eigenvalue weighted by atomic mass is 10.2. The summed E-state index contributed by atoms with van der Waals surface area (Å²) in [7, 11) is 3.92. The van der Waals surface area contributed by atoms with Gasteiger partial charge in [0.05, 0.1) is 14.1 Å². The van der Waals surface area contributed by atoms with Gasteiger partial charge >= 0.3 is 0 Å². The summed E-state index contributed by atoms with van der Waals surface area (Å²) in [6, 6.07) is 0. The molecule has 0 saturated carbocycles. The van der Waals surface area contributed by atoms with Crippen molar-refractivity contribution in [2.45, 2.75) is 12.8 Å². The number of rotatable bonds is 3. The quantitative estimate of drug-likeness (QED) is 0.478. The van der Waals surface area contributed by atoms with E-state index in [-0.39, 0.29) is 0 Å². The second-order valence-corrected chi connectivity index (χ2v) is 3.50. The molecule has 2 aromatic rings. The highest BCUT2D eigenvalue weighted by atomic mass is 15.0. The fraction of sp³-hybridized carbons (Fsp3) is 0.400. The molecule has 2 aromatic heterocycles. The van der Waals surface area contributed by atoms with Gasteiger partial charge < -0.3 is 19.1 Å². The maximum atomic E-state index is 3.09. The maximum absolute atomic E-state index is 3.09. The summed E-state index contributed by atoms with van der Waals surface area (Å²) in [5.74, 6) is 0. The standard InChI is InChI=1S/C10H14N4/c1-13-5-9(11-7-13)3-4-10-6-14(2)8-12-10/h5-6,11-12H,3-4H2,1-2H3. The zero-order chi connectivity index (χ0) is 9.97. The first-order valence-corrected chi connectivity index (χ1v) is 4.64. The smallest absolute Gasteiger partial charge is 0.201 e. The van der Waals surface area contributed by atoms with Gasteiger partial charge in [-0.15, -0.1) is 0 Å². The van der Waals surface area contributed by atoms with Crippen LogP contribution in [0, 0.1) is 12.7 Å². The van der Waals surface area contributed by atoms with Crippen LogP contribution >= 0.6 is 0 Å². The first-order valence-electron chi connectivity index (χ1n) is 4.64. The van der Waals surface area contributed by atoms with E-state index in [1.807, 2.05) is 35.6 Å². The number of nitrogens with one attached hydrogen (secondary N) is 2. The number of hydrogen-bond acceptors (Lipinski definition) is 0. The second-order valence-electron chi connectivity index (χ2n) is 3.50. The lowest BCUT2D eigenvalue weighted by Crippen LogP contribution is -2.23. The van der Waals surface area contributed by atoms with Crippen molar-refractivity contribution in [3.05, 3.63) is 36.4 Å². The van der Waals surface area contributed by atoms with E-state index < -0.39 is 0 Å². The molecule has 0 saturated heterocycles. The highest BCUT2D eigenvalue weighted by Gasteiger charge is 1.95. The molecule has 0 atom stereocenters. The summed E-state index contributed by atoms with van der Waals surface area (Å²) in [6.45, 7) is 0. The van der Waals surface area contributed by atoms with Gasteiger partial charge in [0, 0.05) is 0 Å². The number of nitrogens with zero attached hydrogens (tertiary/aromatic N) is 2. The van der Waals surface area contributed by atoms with Crippen LogP contribution < -0.4 is 9.13 Å². The molecule has 2 rings (SSSR count). The van der Waals surface area contributed by atoms with Crippen LogP contribution in [0.1, 0.15) is 11.4 Å². The van der Waals surface area contributed by atoms with Gasteiger partial charge in [0.25, 0.3) is 0 Å². The van der Waals surface area contributed by atoms with E-state index in [9.17, 15) is 0 Å². The van der Waals surface area contributed by atoms with Crippen LogP contribution in [-0.2, 0) is 26.9 Å². The first kappa shape index (κ1) is 8.99. The Morgan fingerprint density at radius 3 is 1.71 bits per heavy atom. The fourth-order valence-corrected chi connectivity index (χ4v) is 1.44. The van der Waals surface area contributed by atoms with Crippen molar-refractivity contribution in [2.24, 2.45) is 14.1 Å². The van der Waals surface area contributed by atoms with Crippen LogP contribution in [0.4, 0.5) is 0 Å². The predicted molar refractivity (Wildman–Crippen MR) is 49.0 cm³/mol. The zero-order valence-electron chi connectivity index (χ0n) is 8.46. The van der Waals surface area contributed by atoms with E-state index in [1.54, 1.807) is 0 Å². The minimum absolute atomic E-state index is 0.992. The van der Waals surface area contributed by atoms with Crippen molar-refractivity contribution in [3.63, 3.8) is 0 Å². The van der Waals surface area contributed by atoms with Crippen molar-refractivity contribution >= 4 is 0 Å². The molecule has 0 radical (unpaired) electrons. The Labute approximate surface area is 83.2 Å². The maximum Gasteiger partial charge on any atom is 0.201 e. The molecule has 4 nitrogen and oxygen atoms in total. The van der Waals surface area contributed by atoms with Crippen LogP contribution in [0.5, 0.6) is 0 Å². The molecule has 74 valence electrons. The molecule has 2 N–H and O–H groups in total. The molecular formula is C10H14N4. The van der Waals surface area contributed by atoms with E-state index in [0.29, 0.717) is 0 Å². The van der Waals surface area contributed by atoms with Gasteiger partial charge in [-0.3, -0.25) is 0 Å². The summed E-state index contributed by atoms with van der Waals surface area (Å²) >= 11 is 0. The van der Waals surface area contributed by atoms with Crippen molar-refractivity contribution in [1.82, 2.24) is 9.97 Å². The molecule has 0 bridgehead atoms. The van der Waals surface area contributed by atoms with Crippen LogP contribution in [0.15, 0.2) is 12.4 Å². The predicted octanol–water partition coefficient (Wildman–Crippen LogP) is -0.623. The summed E-state index contributed by atoms with van der Waals surface area (Å²) in [5, 5.41) is 0. The average molecular weight is 190 g/mol. The summed E-state index contributed by atoms with van der Waals surface area (Å²) in [4.78, 5) is 6.18. The molecule has 4 heteroatoms. The third-order valence-electron chi connectivity index (χ3n) is 2.15. The van der Waals surface area contributed by atoms with Crippen LogP contribution in [0.3, 0.4) is 0 Å². The molecule has 0 aliphatic heterocycles. The van der Waals surface area contributed by atoms with Crippen LogP contribution in [-0.4, -0.2) is 9.97 Å². The zero-order valence-corrected chi connectivity index (χ0v) is 8.46. The number of aromatic amines is 2. The number of hydrogen-bond donors (Lipinski definition) is 2. The lowest BCUT2D eigenvalue weighted by molar-refractivity contribution is -0.674. The van der Waals surface area contributed by atoms with Gasteiger partial charge in [-0.05, 0) is 36.6 Å². The molecule has 0 aliphatic carbocycles. The van der Waals surface area contributed by atoms with Gasteiger partial charge in [-0.25, -0.2) is 0 Å². The minimum atomic E-state index is 0.992. The molecule has 0 aliphatic rings. The number of imidazole rings is 2. The highest BCUT2D eigenvalue weighted by molar-refractivity contribution is 4.97. The van der Waals surface area contributed by atoms with Gasteiger partial charge in [-0.2, -0.15) is 0 Å². The molecule has 0 amide bonds. The summed E-state index contributed by atoms with van der Waals surface area (Å²) < 4.78 is 3.80. The summed E-state index contributed by atoms with van der Waals surface area (Å²) in [6.07, 6.45) is 12.0. The van der Waals surface area contributed by atoms with Gasteiger partial charge in [0.15, 0.2) is 0 Å². The second kappa shape index (κ2) is 3.65. The third kappa shape index (κ3) is 2.02. The highest BCUT2D eigenvalue weighted by Crippen LogP contribution is 1.98. The molecule has 0 spiro atoms. The topological polar surface area (TPSA) is 39.3 Å². The monoisotopic (exact) mass is 190 g/mol. The van der Waals surface area contributed by atoms with Gasteiger partial charge in [0.2, 0.25) is 12.7 Å². The van der Waals surface area contributed by atoms with Crippen molar-refractivity contribution < 1.29 is 9.13 Å². The van der Waals surface area contributed by atoms with Crippen molar-refractivity contribution in [3.8, 4) is 0 Å². The molecule has 0 aromatic carbocycles. The number of aryl methyl sites for hydroxylation is 4. The Balaban J connectivity index is 1.94. The van der Waals surface area contributed by atoms with E-state index >= 15 is 0 Å². The Hall–Kier alpha value is -1.58. The molecule has 0 fully saturated rings. The van der Waals surface area contributed by atoms with E-state index in [4.69, 9.17) is 0 Å². The fourth-order valence-electron chi connectivity index (χ4n) is 1.44. The molecule has 2 heterocycles. The van der Waals surface area contributed by atoms with Gasteiger partial charge in [0.1, 0.15) is 0 Å². The van der Waals surface area contributed by atoms with Gasteiger partial charge in [-0.1, -0.05) is 0 Å². The lowest BCUT2D eigenvalue weighted by Gasteiger charge is -1.98. The summed E-state index contributed by atoms with van der Waals surface area (Å²) in [5.41, 5.74) is 2.40. The normalized spacial score (nSPS) is 10.7. The minimum Gasteiger partial charge on any atom is -0.361 e. The first-order chi connectivity index (χ1) is 6.74. The number of H-pyrrole nitrogens is 2. The molecule has 14 heavy (non-hydrogen) atoms. The van der Waals surface area contributed by atoms with Crippen LogP contribution in [0.25, 0.3) is 0 Å². The Bertz CT molecular complexity index is 373. The van der Waals surface area contributed by atoms with E-state index in [1.165, 1.54) is 11.4 Å². The molecule has 0 unspecified atom stereocenters. The molecular weight excluding hydrogens is 176 g/mol. The van der Waals surface area contributed by atoms with Crippen molar-refractivity contribution in [1.29, 1.82) is 0 Å². The Morgan fingerprint density at radius 1 is 1.00 bits per heavy atom. The van der Waals surface area contributed by atoms with E-state index in [2.05, 4.69) is 22.6 Å². The Morgan fingerprint density at radius 2 is 1.43 bits per heavy atom. The Kier molecular flexibility index (Phi) is 2.35. The third-order valence-corrected chi connectivity index (χ3v) is 2.15. The van der Waals surface area contributed by atoms with Crippen molar-refractivity contribution in [2.75, 3.05) is 0 Å². The largest absolute Gasteiger partial charge is 0.361 e. The average Bonchev–Trinajstić information content (AvgIpc) is 2.72. The van der Waals surface area contributed by atoms with E-state index in [0.717, 1.165) is 12.8 Å². The number of aromatic nitrogens is 4. The van der Waals surface area contributed by atoms with Crippen LogP contribution in [0.2, 0.25) is 0 Å².